The number of nitrogens with zero attached hydrogens (tertiary/aromatic N) is 3. The summed E-state index contributed by atoms with van der Waals surface area (Å²) >= 11 is 5.66. The molecule has 1 saturated heterocycles. The molecule has 8 nitrogen and oxygen atoms in total. The Kier molecular flexibility index (Phi) is 5.81. The Morgan fingerprint density at radius 1 is 1.28 bits per heavy atom. The number of piperidine rings is 1. The van der Waals surface area contributed by atoms with Crippen molar-refractivity contribution in [3.63, 3.8) is 0 Å². The van der Waals surface area contributed by atoms with Crippen molar-refractivity contribution in [3.05, 3.63) is 62.0 Å². The number of fused-ring (bicyclic) bond motifs is 3. The molecule has 170 valence electrons. The van der Waals surface area contributed by atoms with E-state index in [-0.39, 0.29) is 16.9 Å². The van der Waals surface area contributed by atoms with Gasteiger partial charge in [0.1, 0.15) is 23.4 Å². The van der Waals surface area contributed by atoms with Gasteiger partial charge in [-0.25, -0.2) is 8.78 Å². The van der Waals surface area contributed by atoms with Crippen LogP contribution in [0.25, 0.3) is 0 Å². The maximum Gasteiger partial charge on any atom is 0.278 e. The van der Waals surface area contributed by atoms with Crippen LogP contribution < -0.4 is 15.8 Å². The first-order chi connectivity index (χ1) is 15.3. The lowest BCUT2D eigenvalue weighted by Crippen LogP contribution is -2.63. The van der Waals surface area contributed by atoms with Gasteiger partial charge in [0.15, 0.2) is 11.4 Å². The predicted octanol–water partition coefficient (Wildman–Crippen LogP) is 2.34. The van der Waals surface area contributed by atoms with Gasteiger partial charge in [0, 0.05) is 31.4 Å². The zero-order chi connectivity index (χ0) is 23.2. The van der Waals surface area contributed by atoms with Crippen molar-refractivity contribution in [3.8, 4) is 5.75 Å². The van der Waals surface area contributed by atoms with Gasteiger partial charge in [0.05, 0.1) is 5.02 Å². The minimum Gasteiger partial charge on any atom is -0.502 e. The Labute approximate surface area is 187 Å². The molecule has 2 amide bonds. The summed E-state index contributed by atoms with van der Waals surface area (Å²) in [7, 11) is 0. The van der Waals surface area contributed by atoms with Crippen LogP contribution in [0.4, 0.5) is 8.78 Å². The van der Waals surface area contributed by atoms with Crippen molar-refractivity contribution >= 4 is 23.4 Å². The maximum atomic E-state index is 14.1. The van der Waals surface area contributed by atoms with E-state index in [2.05, 4.69) is 5.32 Å². The summed E-state index contributed by atoms with van der Waals surface area (Å²) in [5.41, 5.74) is -2.16. The highest BCUT2D eigenvalue weighted by Gasteiger charge is 2.40. The zero-order valence-electron chi connectivity index (χ0n) is 17.2. The number of aromatic hydroxyl groups is 1. The van der Waals surface area contributed by atoms with E-state index in [4.69, 9.17) is 11.6 Å². The summed E-state index contributed by atoms with van der Waals surface area (Å²) in [6.45, 7) is 2.20. The molecule has 1 atom stereocenters. The molecule has 2 aliphatic heterocycles. The summed E-state index contributed by atoms with van der Waals surface area (Å²) in [5, 5.41) is 14.3. The first kappa shape index (κ1) is 22.1. The molecule has 1 aromatic heterocycles. The molecule has 0 spiro atoms. The molecule has 0 unspecified atom stereocenters. The number of hydrogen-bond acceptors (Lipinski definition) is 5. The van der Waals surface area contributed by atoms with Gasteiger partial charge >= 0.3 is 0 Å². The van der Waals surface area contributed by atoms with Gasteiger partial charge < -0.3 is 15.3 Å². The summed E-state index contributed by atoms with van der Waals surface area (Å²) in [6.07, 6.45) is 3.39. The average molecular weight is 467 g/mol. The number of hydrogen-bond donors (Lipinski definition) is 2. The van der Waals surface area contributed by atoms with Crippen LogP contribution >= 0.6 is 11.6 Å². The molecule has 0 aliphatic carbocycles. The summed E-state index contributed by atoms with van der Waals surface area (Å²) < 4.78 is 29.4. The number of benzene rings is 1. The van der Waals surface area contributed by atoms with Gasteiger partial charge in [-0.1, -0.05) is 11.6 Å². The van der Waals surface area contributed by atoms with Crippen LogP contribution in [0.1, 0.15) is 52.6 Å². The maximum absolute atomic E-state index is 14.1. The second-order valence-electron chi connectivity index (χ2n) is 7.65. The van der Waals surface area contributed by atoms with E-state index in [0.29, 0.717) is 19.5 Å². The Morgan fingerprint density at radius 2 is 2.03 bits per heavy atom. The van der Waals surface area contributed by atoms with E-state index >= 15 is 0 Å². The highest BCUT2D eigenvalue weighted by molar-refractivity contribution is 6.30. The normalized spacial score (nSPS) is 17.8. The van der Waals surface area contributed by atoms with E-state index in [1.807, 2.05) is 11.9 Å². The van der Waals surface area contributed by atoms with Gasteiger partial charge in [-0.2, -0.15) is 0 Å². The largest absolute Gasteiger partial charge is 0.502 e. The number of halogens is 3. The third kappa shape index (κ3) is 3.48. The molecule has 0 bridgehead atoms. The van der Waals surface area contributed by atoms with Crippen molar-refractivity contribution in [2.24, 2.45) is 0 Å². The fourth-order valence-electron chi connectivity index (χ4n) is 4.24. The summed E-state index contributed by atoms with van der Waals surface area (Å²) in [4.78, 5) is 40.0. The highest BCUT2D eigenvalue weighted by atomic mass is 35.5. The number of aromatic nitrogens is 1. The number of carbonyl (C=O) groups excluding carboxylic acids is 2. The number of amides is 2. The average Bonchev–Trinajstić information content (AvgIpc) is 2.78. The van der Waals surface area contributed by atoms with Crippen LogP contribution in [0.15, 0.2) is 23.1 Å². The predicted molar refractivity (Wildman–Crippen MR) is 112 cm³/mol. The lowest BCUT2D eigenvalue weighted by atomic mass is 10.1. The molecule has 1 aromatic carbocycles. The summed E-state index contributed by atoms with van der Waals surface area (Å²) in [5.74, 6) is -4.21. The minimum atomic E-state index is -1.04. The van der Waals surface area contributed by atoms with Crippen LogP contribution in [0.3, 0.4) is 0 Å². The van der Waals surface area contributed by atoms with E-state index < -0.39 is 52.3 Å². The minimum absolute atomic E-state index is 0.210. The Morgan fingerprint density at radius 3 is 2.75 bits per heavy atom. The van der Waals surface area contributed by atoms with Crippen LogP contribution in [0, 0.1) is 11.6 Å². The first-order valence-electron chi connectivity index (χ1n) is 10.2. The fourth-order valence-corrected chi connectivity index (χ4v) is 4.42. The Bertz CT molecular complexity index is 1170. The third-order valence-electron chi connectivity index (χ3n) is 5.86. The second-order valence-corrected chi connectivity index (χ2v) is 8.06. The topological polar surface area (TPSA) is 94.9 Å². The quantitative estimate of drug-likeness (QED) is 0.674. The Balaban J connectivity index is 1.71. The van der Waals surface area contributed by atoms with Crippen LogP contribution in [-0.4, -0.2) is 45.8 Å². The lowest BCUT2D eigenvalue weighted by Gasteiger charge is -2.48. The molecule has 4 rings (SSSR count). The molecule has 11 heteroatoms. The molecule has 2 aromatic rings. The molecule has 1 fully saturated rings. The number of carbonyl (C=O) groups is 2. The van der Waals surface area contributed by atoms with Gasteiger partial charge in [0.2, 0.25) is 5.43 Å². The van der Waals surface area contributed by atoms with Crippen molar-refractivity contribution in [2.45, 2.75) is 38.9 Å². The lowest BCUT2D eigenvalue weighted by molar-refractivity contribution is 0.0534. The van der Waals surface area contributed by atoms with Crippen molar-refractivity contribution in [1.82, 2.24) is 14.9 Å². The monoisotopic (exact) mass is 466 g/mol. The Hall–Kier alpha value is -3.14. The van der Waals surface area contributed by atoms with E-state index in [1.54, 1.807) is 4.90 Å². The van der Waals surface area contributed by atoms with E-state index in [1.165, 1.54) is 10.9 Å². The van der Waals surface area contributed by atoms with Gasteiger partial charge in [-0.3, -0.25) is 24.1 Å². The summed E-state index contributed by atoms with van der Waals surface area (Å²) in [6, 6.07) is 2.02. The number of rotatable bonds is 4. The SMILES string of the molecule is CCN1C(=O)c2c(O)c(=O)c(C(=O)NCc3c(F)ccc(Cl)c3F)cn2N2CCCC[C@@H]12. The van der Waals surface area contributed by atoms with Crippen LogP contribution in [0.5, 0.6) is 5.75 Å². The molecule has 2 N–H and O–H groups in total. The molecule has 0 radical (unpaired) electrons. The number of nitrogens with one attached hydrogen (secondary N) is 1. The zero-order valence-corrected chi connectivity index (χ0v) is 18.0. The van der Waals surface area contributed by atoms with Crippen molar-refractivity contribution in [2.75, 3.05) is 18.1 Å². The van der Waals surface area contributed by atoms with E-state index in [0.717, 1.165) is 25.0 Å². The molecular formula is C21H21ClF2N4O4. The fraction of sp³-hybridized carbons (Fsp3) is 0.381. The van der Waals surface area contributed by atoms with Gasteiger partial charge in [-0.05, 0) is 38.3 Å². The smallest absolute Gasteiger partial charge is 0.278 e. The van der Waals surface area contributed by atoms with Gasteiger partial charge in [0.25, 0.3) is 11.8 Å². The molecule has 2 aliphatic rings. The first-order valence-corrected chi connectivity index (χ1v) is 10.6. The standard InChI is InChI=1S/C21H21ClF2N4O4/c1-2-26-15-5-3-4-8-27(15)28-10-12(18(29)19(30)17(28)21(26)32)20(31)25-9-11-14(23)7-6-13(22)16(11)24/h6-7,10,15,30H,2-5,8-9H2,1H3,(H,25,31)/t15-/m0/s1. The highest BCUT2D eigenvalue weighted by Crippen LogP contribution is 2.29. The molecule has 0 saturated carbocycles. The van der Waals surface area contributed by atoms with E-state index in [9.17, 15) is 28.3 Å². The van der Waals surface area contributed by atoms with Crippen LogP contribution in [-0.2, 0) is 6.54 Å². The number of pyridine rings is 1. The van der Waals surface area contributed by atoms with Crippen molar-refractivity contribution < 1.29 is 23.5 Å². The third-order valence-corrected chi connectivity index (χ3v) is 6.15. The second kappa shape index (κ2) is 8.42. The molecule has 3 heterocycles. The molecular weight excluding hydrogens is 446 g/mol. The molecule has 32 heavy (non-hydrogen) atoms. The van der Waals surface area contributed by atoms with Crippen molar-refractivity contribution in [1.29, 1.82) is 0 Å². The van der Waals surface area contributed by atoms with Crippen LogP contribution in [0.2, 0.25) is 5.02 Å². The van der Waals surface area contributed by atoms with Gasteiger partial charge in [-0.15, -0.1) is 0 Å².